The van der Waals surface area contributed by atoms with E-state index in [9.17, 15) is 14.0 Å². The molecule has 98 valence electrons. The molecule has 0 radical (unpaired) electrons. The van der Waals surface area contributed by atoms with Crippen molar-refractivity contribution in [3.8, 4) is 5.75 Å². The number of carbonyl (C=O) groups excluding carboxylic acids is 2. The van der Waals surface area contributed by atoms with Gasteiger partial charge in [-0.15, -0.1) is 0 Å². The molecule has 0 saturated carbocycles. The molecule has 2 N–H and O–H groups in total. The predicted molar refractivity (Wildman–Crippen MR) is 63.7 cm³/mol. The molecule has 5 nitrogen and oxygen atoms in total. The lowest BCUT2D eigenvalue weighted by atomic mass is 10.3. The number of hydrogen-bond acceptors (Lipinski definition) is 3. The average molecular weight is 254 g/mol. The predicted octanol–water partition coefficient (Wildman–Crippen LogP) is 1.44. The van der Waals surface area contributed by atoms with Crippen LogP contribution >= 0.6 is 0 Å². The first kappa shape index (κ1) is 14.0. The fourth-order valence-corrected chi connectivity index (χ4v) is 1.15. The van der Waals surface area contributed by atoms with Gasteiger partial charge in [-0.1, -0.05) is 13.0 Å². The summed E-state index contributed by atoms with van der Waals surface area (Å²) in [6, 6.07) is 4.85. The number of ether oxygens (including phenoxy) is 1. The molecule has 0 aliphatic heterocycles. The van der Waals surface area contributed by atoms with Crippen molar-refractivity contribution < 1.29 is 18.7 Å². The molecule has 1 rings (SSSR count). The van der Waals surface area contributed by atoms with Crippen molar-refractivity contribution in [1.82, 2.24) is 10.6 Å². The summed E-state index contributed by atoms with van der Waals surface area (Å²) in [6.07, 6.45) is 0.779. The van der Waals surface area contributed by atoms with Gasteiger partial charge >= 0.3 is 6.03 Å². The van der Waals surface area contributed by atoms with Crippen LogP contribution in [0.15, 0.2) is 24.3 Å². The lowest BCUT2D eigenvalue weighted by molar-refractivity contribution is -0.122. The Morgan fingerprint density at radius 2 is 2.17 bits per heavy atom. The number of amides is 3. The van der Waals surface area contributed by atoms with Gasteiger partial charge in [-0.05, 0) is 18.6 Å². The summed E-state index contributed by atoms with van der Waals surface area (Å²) in [7, 11) is 0. The Morgan fingerprint density at radius 3 is 2.83 bits per heavy atom. The molecule has 0 bridgehead atoms. The van der Waals surface area contributed by atoms with Gasteiger partial charge in [0.1, 0.15) is 11.6 Å². The van der Waals surface area contributed by atoms with E-state index < -0.39 is 17.8 Å². The molecule has 1 aromatic rings. The molecule has 6 heteroatoms. The van der Waals surface area contributed by atoms with Gasteiger partial charge in [-0.3, -0.25) is 10.1 Å². The molecule has 0 heterocycles. The number of halogens is 1. The Bertz CT molecular complexity index is 424. The number of imide groups is 1. The third-order valence-corrected chi connectivity index (χ3v) is 1.95. The maximum Gasteiger partial charge on any atom is 0.321 e. The second-order valence-electron chi connectivity index (χ2n) is 3.55. The minimum atomic E-state index is -0.590. The summed E-state index contributed by atoms with van der Waals surface area (Å²) in [5, 5.41) is 4.58. The van der Waals surface area contributed by atoms with Gasteiger partial charge < -0.3 is 10.1 Å². The molecular weight excluding hydrogens is 239 g/mol. The van der Waals surface area contributed by atoms with Gasteiger partial charge in [0.2, 0.25) is 0 Å². The highest BCUT2D eigenvalue weighted by Gasteiger charge is 2.07. The molecule has 0 aliphatic carbocycles. The van der Waals surface area contributed by atoms with E-state index in [0.717, 1.165) is 12.5 Å². The monoisotopic (exact) mass is 254 g/mol. The van der Waals surface area contributed by atoms with E-state index in [-0.39, 0.29) is 12.4 Å². The molecule has 1 aromatic carbocycles. The topological polar surface area (TPSA) is 67.4 Å². The zero-order valence-corrected chi connectivity index (χ0v) is 10.0. The van der Waals surface area contributed by atoms with E-state index in [2.05, 4.69) is 10.6 Å². The Hall–Kier alpha value is -2.11. The molecule has 0 atom stereocenters. The molecule has 0 spiro atoms. The van der Waals surface area contributed by atoms with Crippen molar-refractivity contribution in [1.29, 1.82) is 0 Å². The highest BCUT2D eigenvalue weighted by molar-refractivity contribution is 5.94. The van der Waals surface area contributed by atoms with Crippen molar-refractivity contribution in [3.63, 3.8) is 0 Å². The van der Waals surface area contributed by atoms with Gasteiger partial charge in [0.25, 0.3) is 5.91 Å². The van der Waals surface area contributed by atoms with Crippen LogP contribution in [-0.2, 0) is 4.79 Å². The summed E-state index contributed by atoms with van der Waals surface area (Å²) >= 11 is 0. The third kappa shape index (κ3) is 5.29. The normalized spacial score (nSPS) is 9.67. The van der Waals surface area contributed by atoms with Crippen LogP contribution in [0.4, 0.5) is 9.18 Å². The lowest BCUT2D eigenvalue weighted by Gasteiger charge is -2.07. The van der Waals surface area contributed by atoms with E-state index >= 15 is 0 Å². The maximum atomic E-state index is 12.8. The van der Waals surface area contributed by atoms with Crippen LogP contribution in [0, 0.1) is 5.82 Å². The standard InChI is InChI=1S/C12H15FN2O3/c1-2-6-14-12(17)15-11(16)8-18-10-5-3-4-9(13)7-10/h3-5,7H,2,6,8H2,1H3,(H2,14,15,16,17). The lowest BCUT2D eigenvalue weighted by Crippen LogP contribution is -2.41. The van der Waals surface area contributed by atoms with E-state index in [1.54, 1.807) is 0 Å². The molecule has 0 saturated heterocycles. The summed E-state index contributed by atoms with van der Waals surface area (Å²) in [5.41, 5.74) is 0. The van der Waals surface area contributed by atoms with Crippen LogP contribution in [0.5, 0.6) is 5.75 Å². The number of benzene rings is 1. The van der Waals surface area contributed by atoms with E-state index in [0.29, 0.717) is 6.54 Å². The number of carbonyl (C=O) groups is 2. The Balaban J connectivity index is 2.31. The number of nitrogens with one attached hydrogen (secondary N) is 2. The van der Waals surface area contributed by atoms with Gasteiger partial charge in [0.05, 0.1) is 0 Å². The summed E-state index contributed by atoms with van der Waals surface area (Å²) in [5.74, 6) is -0.805. The molecule has 0 fully saturated rings. The molecule has 3 amide bonds. The largest absolute Gasteiger partial charge is 0.484 e. The second-order valence-corrected chi connectivity index (χ2v) is 3.55. The number of rotatable bonds is 5. The van der Waals surface area contributed by atoms with Crippen LogP contribution < -0.4 is 15.4 Å². The van der Waals surface area contributed by atoms with Crippen molar-refractivity contribution in [2.45, 2.75) is 13.3 Å². The maximum absolute atomic E-state index is 12.8. The highest BCUT2D eigenvalue weighted by atomic mass is 19.1. The third-order valence-electron chi connectivity index (χ3n) is 1.95. The van der Waals surface area contributed by atoms with Crippen LogP contribution in [0.1, 0.15) is 13.3 Å². The van der Waals surface area contributed by atoms with Crippen molar-refractivity contribution in [2.75, 3.05) is 13.2 Å². The van der Waals surface area contributed by atoms with E-state index in [1.807, 2.05) is 6.92 Å². The van der Waals surface area contributed by atoms with E-state index in [4.69, 9.17) is 4.74 Å². The Kier molecular flexibility index (Phi) is 5.63. The summed E-state index contributed by atoms with van der Waals surface area (Å²) in [6.45, 7) is 2.04. The fourth-order valence-electron chi connectivity index (χ4n) is 1.15. The van der Waals surface area contributed by atoms with E-state index in [1.165, 1.54) is 18.2 Å². The van der Waals surface area contributed by atoms with Crippen LogP contribution in [0.3, 0.4) is 0 Å². The average Bonchev–Trinajstić information content (AvgIpc) is 2.34. The second kappa shape index (κ2) is 7.26. The van der Waals surface area contributed by atoms with Gasteiger partial charge in [0, 0.05) is 12.6 Å². The van der Waals surface area contributed by atoms with Crippen LogP contribution in [0.25, 0.3) is 0 Å². The SMILES string of the molecule is CCCNC(=O)NC(=O)COc1cccc(F)c1. The number of urea groups is 1. The first-order chi connectivity index (χ1) is 8.61. The molecule has 0 aromatic heterocycles. The zero-order chi connectivity index (χ0) is 13.4. The number of hydrogen-bond donors (Lipinski definition) is 2. The molecule has 0 unspecified atom stereocenters. The van der Waals surface area contributed by atoms with Crippen LogP contribution in [-0.4, -0.2) is 25.1 Å². The summed E-state index contributed by atoms with van der Waals surface area (Å²) < 4.78 is 17.8. The van der Waals surface area contributed by atoms with Gasteiger partial charge in [-0.25, -0.2) is 9.18 Å². The Labute approximate surface area is 104 Å². The molecule has 18 heavy (non-hydrogen) atoms. The minimum Gasteiger partial charge on any atom is -0.484 e. The summed E-state index contributed by atoms with van der Waals surface area (Å²) in [4.78, 5) is 22.4. The Morgan fingerprint density at radius 1 is 1.39 bits per heavy atom. The zero-order valence-electron chi connectivity index (χ0n) is 10.0. The van der Waals surface area contributed by atoms with Crippen molar-refractivity contribution in [2.24, 2.45) is 0 Å². The van der Waals surface area contributed by atoms with Gasteiger partial charge in [0.15, 0.2) is 6.61 Å². The van der Waals surface area contributed by atoms with Crippen LogP contribution in [0.2, 0.25) is 0 Å². The van der Waals surface area contributed by atoms with Gasteiger partial charge in [-0.2, -0.15) is 0 Å². The van der Waals surface area contributed by atoms with Crippen molar-refractivity contribution >= 4 is 11.9 Å². The fraction of sp³-hybridized carbons (Fsp3) is 0.333. The first-order valence-corrected chi connectivity index (χ1v) is 5.58. The highest BCUT2D eigenvalue weighted by Crippen LogP contribution is 2.11. The van der Waals surface area contributed by atoms with Crippen molar-refractivity contribution in [3.05, 3.63) is 30.1 Å². The molecular formula is C12H15FN2O3. The smallest absolute Gasteiger partial charge is 0.321 e. The molecule has 0 aliphatic rings. The first-order valence-electron chi connectivity index (χ1n) is 5.58. The minimum absolute atomic E-state index is 0.235. The quantitative estimate of drug-likeness (QED) is 0.835.